The molecule has 4 heteroatoms. The zero-order valence-electron chi connectivity index (χ0n) is 5.98. The van der Waals surface area contributed by atoms with Gasteiger partial charge in [-0.05, 0) is 20.0 Å². The highest BCUT2D eigenvalue weighted by Gasteiger charge is 1.91. The summed E-state index contributed by atoms with van der Waals surface area (Å²) in [5.74, 6) is 0. The number of hydrogen-bond acceptors (Lipinski definition) is 2. The van der Waals surface area contributed by atoms with Crippen molar-refractivity contribution in [2.45, 2.75) is 13.3 Å². The maximum absolute atomic E-state index is 5.16. The molecule has 0 aliphatic carbocycles. The lowest BCUT2D eigenvalue weighted by Crippen LogP contribution is -2.25. The molecule has 0 aliphatic heterocycles. The fourth-order valence-corrected chi connectivity index (χ4v) is 2.88. The highest BCUT2D eigenvalue weighted by molar-refractivity contribution is 6.31. The van der Waals surface area contributed by atoms with Gasteiger partial charge < -0.3 is 8.68 Å². The van der Waals surface area contributed by atoms with Crippen LogP contribution in [0.3, 0.4) is 0 Å². The zero-order valence-corrected chi connectivity index (χ0v) is 9.39. The number of nitrogens with zero attached hydrogens (tertiary/aromatic N) is 1. The van der Waals surface area contributed by atoms with Crippen LogP contribution < -0.4 is 0 Å². The van der Waals surface area contributed by atoms with Crippen LogP contribution in [0.1, 0.15) is 13.3 Å². The predicted octanol–water partition coefficient (Wildman–Crippen LogP) is -1.38. The summed E-state index contributed by atoms with van der Waals surface area (Å²) in [5, 5.41) is 0. The first-order valence-electron chi connectivity index (χ1n) is 2.98. The lowest BCUT2D eigenvalue weighted by atomic mass is 10.5. The van der Waals surface area contributed by atoms with E-state index in [2.05, 4.69) is 18.5 Å². The van der Waals surface area contributed by atoms with Crippen molar-refractivity contribution >= 4 is 20.4 Å². The van der Waals surface area contributed by atoms with Crippen molar-refractivity contribution in [3.63, 3.8) is 0 Å². The summed E-state index contributed by atoms with van der Waals surface area (Å²) in [6, 6.07) is 0. The molecule has 0 amide bonds. The zero-order chi connectivity index (χ0) is 6.41. The quantitative estimate of drug-likeness (QED) is 0.457. The van der Waals surface area contributed by atoms with Gasteiger partial charge in [-0.1, -0.05) is 6.92 Å². The van der Waals surface area contributed by atoms with Gasteiger partial charge in [0.15, 0.2) is 0 Å². The molecule has 2 nitrogen and oxygen atoms in total. The second-order valence-electron chi connectivity index (χ2n) is 2.00. The van der Waals surface area contributed by atoms with Crippen LogP contribution in [-0.2, 0) is 4.12 Å². The van der Waals surface area contributed by atoms with Crippen LogP contribution in [0.2, 0.25) is 0 Å². The number of hydrogen-bond donors (Lipinski definition) is 0. The van der Waals surface area contributed by atoms with Crippen molar-refractivity contribution in [2.24, 2.45) is 0 Å². The van der Waals surface area contributed by atoms with E-state index in [1.54, 1.807) is 0 Å². The highest BCUT2D eigenvalue weighted by Crippen LogP contribution is 1.81. The lowest BCUT2D eigenvalue weighted by molar-refractivity contribution is 0.462. The van der Waals surface area contributed by atoms with Gasteiger partial charge in [-0.3, -0.25) is 0 Å². The Labute approximate surface area is 56.8 Å². The summed E-state index contributed by atoms with van der Waals surface area (Å²) in [7, 11) is 2.78. The van der Waals surface area contributed by atoms with E-state index in [1.807, 2.05) is 0 Å². The second kappa shape index (κ2) is 5.49. The fourth-order valence-electron chi connectivity index (χ4n) is 0.667. The third-order valence-electron chi connectivity index (χ3n) is 0.955. The molecule has 0 aromatic rings. The standard InChI is InChI=1S/C4H15NOSi2/c1-3-4-5(2)8-6-7/h3-4,8H2,1-2,7H3. The van der Waals surface area contributed by atoms with Gasteiger partial charge in [0.1, 0.15) is 10.5 Å². The summed E-state index contributed by atoms with van der Waals surface area (Å²) < 4.78 is 7.47. The minimum atomic E-state index is -0.270. The topological polar surface area (TPSA) is 12.5 Å². The molecule has 0 rings (SSSR count). The van der Waals surface area contributed by atoms with E-state index < -0.39 is 0 Å². The molecule has 0 radical (unpaired) electrons. The van der Waals surface area contributed by atoms with E-state index in [-0.39, 0.29) is 9.92 Å². The molecule has 0 N–H and O–H groups in total. The van der Waals surface area contributed by atoms with Gasteiger partial charge in [0.2, 0.25) is 9.92 Å². The van der Waals surface area contributed by atoms with E-state index >= 15 is 0 Å². The van der Waals surface area contributed by atoms with Crippen molar-refractivity contribution in [3.05, 3.63) is 0 Å². The van der Waals surface area contributed by atoms with Crippen LogP contribution >= 0.6 is 0 Å². The molecule has 0 unspecified atom stereocenters. The molecule has 0 spiro atoms. The molecule has 0 saturated carbocycles. The molecule has 0 atom stereocenters. The van der Waals surface area contributed by atoms with Crippen molar-refractivity contribution in [1.82, 2.24) is 4.57 Å². The minimum Gasteiger partial charge on any atom is -0.457 e. The molecule has 0 bridgehead atoms. The normalized spacial score (nSPS) is 12.4. The van der Waals surface area contributed by atoms with Gasteiger partial charge >= 0.3 is 0 Å². The lowest BCUT2D eigenvalue weighted by Gasteiger charge is -2.12. The first kappa shape index (κ1) is 8.35. The largest absolute Gasteiger partial charge is 0.457 e. The van der Waals surface area contributed by atoms with Gasteiger partial charge in [-0.25, -0.2) is 0 Å². The van der Waals surface area contributed by atoms with Crippen molar-refractivity contribution in [2.75, 3.05) is 13.6 Å². The van der Waals surface area contributed by atoms with Crippen molar-refractivity contribution < 1.29 is 4.12 Å². The summed E-state index contributed by atoms with van der Waals surface area (Å²) in [6.07, 6.45) is 1.24. The fraction of sp³-hybridized carbons (Fsp3) is 1.00. The van der Waals surface area contributed by atoms with Gasteiger partial charge in [-0.15, -0.1) is 0 Å². The molecule has 50 valence electrons. The molecule has 0 saturated heterocycles. The van der Waals surface area contributed by atoms with Gasteiger partial charge in [0.05, 0.1) is 0 Å². The molecular formula is C4H15NOSi2. The average molecular weight is 149 g/mol. The van der Waals surface area contributed by atoms with Crippen LogP contribution in [0.5, 0.6) is 0 Å². The van der Waals surface area contributed by atoms with E-state index in [9.17, 15) is 0 Å². The first-order chi connectivity index (χ1) is 3.81. The smallest absolute Gasteiger partial charge is 0.226 e. The highest BCUT2D eigenvalue weighted by atomic mass is 28.3. The average Bonchev–Trinajstić information content (AvgIpc) is 1.68. The Balaban J connectivity index is 2.92. The second-order valence-corrected chi connectivity index (χ2v) is 5.64. The van der Waals surface area contributed by atoms with E-state index in [0.717, 1.165) is 10.5 Å². The summed E-state index contributed by atoms with van der Waals surface area (Å²) in [6.45, 7) is 3.40. The first-order valence-corrected chi connectivity index (χ1v) is 5.01. The van der Waals surface area contributed by atoms with E-state index in [1.165, 1.54) is 13.0 Å². The Morgan fingerprint density at radius 2 is 2.38 bits per heavy atom. The van der Waals surface area contributed by atoms with Crippen LogP contribution in [0.4, 0.5) is 0 Å². The van der Waals surface area contributed by atoms with Gasteiger partial charge in [0.25, 0.3) is 0 Å². The maximum Gasteiger partial charge on any atom is 0.226 e. The van der Waals surface area contributed by atoms with Gasteiger partial charge in [0, 0.05) is 0 Å². The molecule has 0 heterocycles. The molecule has 0 aromatic heterocycles. The monoisotopic (exact) mass is 149 g/mol. The third kappa shape index (κ3) is 4.51. The molecule has 0 fully saturated rings. The summed E-state index contributed by atoms with van der Waals surface area (Å²) in [4.78, 5) is 0. The Morgan fingerprint density at radius 3 is 2.75 bits per heavy atom. The number of rotatable bonds is 4. The molecule has 0 aliphatic rings. The van der Waals surface area contributed by atoms with Crippen LogP contribution in [0.15, 0.2) is 0 Å². The Hall–Kier alpha value is 0.354. The van der Waals surface area contributed by atoms with Crippen LogP contribution in [0, 0.1) is 0 Å². The van der Waals surface area contributed by atoms with Crippen LogP contribution in [0.25, 0.3) is 0 Å². The summed E-state index contributed by atoms with van der Waals surface area (Å²) in [5.41, 5.74) is 0. The van der Waals surface area contributed by atoms with E-state index in [0.29, 0.717) is 0 Å². The van der Waals surface area contributed by atoms with Crippen LogP contribution in [-0.4, -0.2) is 38.6 Å². The predicted molar refractivity (Wildman–Crippen MR) is 42.5 cm³/mol. The SMILES string of the molecule is CCCN(C)[SiH2]O[SiH3]. The Kier molecular flexibility index (Phi) is 5.73. The molecular weight excluding hydrogens is 134 g/mol. The molecule has 8 heavy (non-hydrogen) atoms. The maximum atomic E-state index is 5.16. The minimum absolute atomic E-state index is 0.270. The van der Waals surface area contributed by atoms with Crippen molar-refractivity contribution in [1.29, 1.82) is 0 Å². The Morgan fingerprint density at radius 1 is 1.75 bits per heavy atom. The van der Waals surface area contributed by atoms with Crippen molar-refractivity contribution in [3.8, 4) is 0 Å². The van der Waals surface area contributed by atoms with E-state index in [4.69, 9.17) is 4.12 Å². The molecule has 0 aromatic carbocycles. The third-order valence-corrected chi connectivity index (χ3v) is 2.74. The Bertz CT molecular complexity index is 47.3. The van der Waals surface area contributed by atoms with Gasteiger partial charge in [-0.2, -0.15) is 0 Å². The summed E-state index contributed by atoms with van der Waals surface area (Å²) >= 11 is 0.